The van der Waals surface area contributed by atoms with Gasteiger partial charge in [-0.3, -0.25) is 9.11 Å². The number of anilines is 2. The van der Waals surface area contributed by atoms with Gasteiger partial charge in [-0.15, -0.1) is 10.2 Å². The van der Waals surface area contributed by atoms with Crippen LogP contribution >= 0.6 is 0 Å². The van der Waals surface area contributed by atoms with Crippen LogP contribution < -0.4 is 11.5 Å². The van der Waals surface area contributed by atoms with E-state index in [0.29, 0.717) is 33.4 Å². The normalized spacial score (nSPS) is 12.4. The summed E-state index contributed by atoms with van der Waals surface area (Å²) in [5.41, 5.74) is 14.6. The van der Waals surface area contributed by atoms with Gasteiger partial charge >= 0.3 is 0 Å². The average molecular weight is 699 g/mol. The number of azo groups is 2. The van der Waals surface area contributed by atoms with Crippen molar-refractivity contribution in [3.63, 3.8) is 0 Å². The number of phenols is 2. The van der Waals surface area contributed by atoms with Gasteiger partial charge in [0.15, 0.2) is 0 Å². The number of hydrogen-bond acceptors (Lipinski definition) is 12. The Bertz CT molecular complexity index is 2570. The number of benzene rings is 6. The Morgan fingerprint density at radius 2 is 1.16 bits per heavy atom. The van der Waals surface area contributed by atoms with E-state index in [0.717, 1.165) is 18.2 Å². The van der Waals surface area contributed by atoms with Crippen LogP contribution in [-0.2, 0) is 26.7 Å². The third-order valence-electron chi connectivity index (χ3n) is 7.61. The van der Waals surface area contributed by atoms with E-state index in [1.807, 2.05) is 0 Å². The predicted molar refractivity (Wildman–Crippen MR) is 184 cm³/mol. The topological polar surface area (TPSA) is 251 Å². The van der Waals surface area contributed by atoms with Crippen LogP contribution in [0.25, 0.3) is 21.5 Å². The van der Waals surface area contributed by atoms with E-state index < -0.39 is 35.8 Å². The lowest BCUT2D eigenvalue weighted by Gasteiger charge is -2.10. The van der Waals surface area contributed by atoms with Crippen LogP contribution in [-0.4, -0.2) is 36.2 Å². The van der Waals surface area contributed by atoms with Crippen molar-refractivity contribution in [3.8, 4) is 11.5 Å². The van der Waals surface area contributed by atoms with Gasteiger partial charge < -0.3 is 21.7 Å². The minimum absolute atomic E-state index is 0.0326. The molecule has 0 radical (unpaired) electrons. The summed E-state index contributed by atoms with van der Waals surface area (Å²) in [7, 11) is -9.39. The summed E-state index contributed by atoms with van der Waals surface area (Å²) >= 11 is 0. The van der Waals surface area contributed by atoms with Crippen LogP contribution in [0.3, 0.4) is 0 Å². The van der Waals surface area contributed by atoms with Crippen molar-refractivity contribution in [3.05, 3.63) is 108 Å². The summed E-state index contributed by atoms with van der Waals surface area (Å²) in [6, 6.07) is 23.9. The smallest absolute Gasteiger partial charge is 0.294 e. The molecule has 0 amide bonds. The molecule has 0 saturated carbocycles. The SMILES string of the molecule is Nc1ccc(N=Nc2ccc(Cc3ccc(N=Nc4ccc(N)c5c(O)cc(S(=O)(=O)O)cc45)cc3S(=O)(=O)O)cc2)c2cccc(O)c12. The van der Waals surface area contributed by atoms with E-state index >= 15 is 0 Å². The second kappa shape index (κ2) is 12.6. The molecular formula is C33H26N6O8S2. The van der Waals surface area contributed by atoms with Crippen LogP contribution in [0.1, 0.15) is 11.1 Å². The zero-order valence-electron chi connectivity index (χ0n) is 25.1. The molecule has 6 aromatic carbocycles. The minimum atomic E-state index is -4.70. The second-order valence-electron chi connectivity index (χ2n) is 10.9. The van der Waals surface area contributed by atoms with E-state index in [1.165, 1.54) is 30.3 Å². The Labute approximate surface area is 279 Å². The number of aromatic hydroxyl groups is 2. The Morgan fingerprint density at radius 1 is 0.571 bits per heavy atom. The van der Waals surface area contributed by atoms with E-state index in [-0.39, 0.29) is 45.6 Å². The van der Waals surface area contributed by atoms with Gasteiger partial charge in [-0.05, 0) is 78.2 Å². The molecule has 248 valence electrons. The highest BCUT2D eigenvalue weighted by molar-refractivity contribution is 7.86. The molecule has 0 atom stereocenters. The molecule has 0 saturated heterocycles. The zero-order chi connectivity index (χ0) is 35.1. The fourth-order valence-electron chi connectivity index (χ4n) is 5.29. The van der Waals surface area contributed by atoms with E-state index in [4.69, 9.17) is 11.5 Å². The van der Waals surface area contributed by atoms with Gasteiger partial charge in [0.05, 0.1) is 32.5 Å². The van der Waals surface area contributed by atoms with E-state index in [1.54, 1.807) is 48.5 Å². The average Bonchev–Trinajstić information content (AvgIpc) is 3.04. The van der Waals surface area contributed by atoms with Crippen molar-refractivity contribution in [2.75, 3.05) is 11.5 Å². The minimum Gasteiger partial charge on any atom is -0.507 e. The van der Waals surface area contributed by atoms with Gasteiger partial charge in [-0.1, -0.05) is 30.3 Å². The first kappa shape index (κ1) is 33.0. The Kier molecular flexibility index (Phi) is 8.47. The molecule has 0 heterocycles. The number of fused-ring (bicyclic) bond motifs is 2. The maximum atomic E-state index is 12.4. The molecule has 0 spiro atoms. The first-order valence-corrected chi connectivity index (χ1v) is 17.1. The standard InChI is InChI=1S/C33H26N6O8S2/c34-25-10-12-27(23-2-1-3-29(40)32(23)25)38-36-20-7-4-18(5-8-20)14-19-6-9-21(15-31(19)49(45,46)47)37-39-28-13-11-26(35)33-24(28)16-22(17-30(33)41)48(42,43)44/h1-13,15-17,40-41H,14,34-35H2,(H,42,43,44)(H,45,46,47). The van der Waals surface area contributed by atoms with Gasteiger partial charge in [0.25, 0.3) is 20.2 Å². The number of nitrogen functional groups attached to an aromatic ring is 2. The molecule has 0 aliphatic heterocycles. The molecule has 14 nitrogen and oxygen atoms in total. The first-order chi connectivity index (χ1) is 23.2. The summed E-state index contributed by atoms with van der Waals surface area (Å²) in [5.74, 6) is -0.476. The molecule has 6 rings (SSSR count). The van der Waals surface area contributed by atoms with Gasteiger partial charge in [0.1, 0.15) is 11.5 Å². The first-order valence-electron chi connectivity index (χ1n) is 14.2. The molecule has 6 aromatic rings. The third kappa shape index (κ3) is 6.88. The lowest BCUT2D eigenvalue weighted by molar-refractivity contribution is 0.471. The maximum Gasteiger partial charge on any atom is 0.294 e. The monoisotopic (exact) mass is 698 g/mol. The van der Waals surface area contributed by atoms with Crippen LogP contribution in [0.15, 0.2) is 127 Å². The Balaban J connectivity index is 1.26. The van der Waals surface area contributed by atoms with Gasteiger partial charge in [-0.25, -0.2) is 0 Å². The van der Waals surface area contributed by atoms with E-state index in [9.17, 15) is 36.2 Å². The number of hydrogen-bond donors (Lipinski definition) is 6. The van der Waals surface area contributed by atoms with Crippen molar-refractivity contribution in [1.82, 2.24) is 0 Å². The van der Waals surface area contributed by atoms with Crippen LogP contribution in [0, 0.1) is 0 Å². The highest BCUT2D eigenvalue weighted by Crippen LogP contribution is 2.40. The quantitative estimate of drug-likeness (QED) is 0.0519. The number of phenolic OH excluding ortho intramolecular Hbond substituents is 2. The zero-order valence-corrected chi connectivity index (χ0v) is 26.8. The molecular weight excluding hydrogens is 673 g/mol. The van der Waals surface area contributed by atoms with Gasteiger partial charge in [0.2, 0.25) is 0 Å². The molecule has 0 unspecified atom stereocenters. The van der Waals surface area contributed by atoms with Crippen LogP contribution in [0.5, 0.6) is 11.5 Å². The molecule has 16 heteroatoms. The largest absolute Gasteiger partial charge is 0.507 e. The Hall–Kier alpha value is -5.94. The number of nitrogens with zero attached hydrogens (tertiary/aromatic N) is 4. The number of nitrogens with two attached hydrogens (primary N) is 2. The second-order valence-corrected chi connectivity index (χ2v) is 13.7. The van der Waals surface area contributed by atoms with E-state index in [2.05, 4.69) is 20.5 Å². The molecule has 0 fully saturated rings. The molecule has 0 bridgehead atoms. The molecule has 0 aromatic heterocycles. The van der Waals surface area contributed by atoms with Crippen molar-refractivity contribution in [2.24, 2.45) is 20.5 Å². The fourth-order valence-corrected chi connectivity index (χ4v) is 6.55. The molecule has 0 aliphatic rings. The lowest BCUT2D eigenvalue weighted by atomic mass is 10.0. The fraction of sp³-hybridized carbons (Fsp3) is 0.0303. The summed E-state index contributed by atoms with van der Waals surface area (Å²) in [4.78, 5) is -0.995. The van der Waals surface area contributed by atoms with Gasteiger partial charge in [0, 0.05) is 39.0 Å². The molecule has 0 aliphatic carbocycles. The molecule has 49 heavy (non-hydrogen) atoms. The summed E-state index contributed by atoms with van der Waals surface area (Å²) in [6.45, 7) is 0. The summed E-state index contributed by atoms with van der Waals surface area (Å²) in [5, 5.41) is 38.6. The Morgan fingerprint density at radius 3 is 1.80 bits per heavy atom. The van der Waals surface area contributed by atoms with Crippen molar-refractivity contribution in [1.29, 1.82) is 0 Å². The highest BCUT2D eigenvalue weighted by Gasteiger charge is 2.19. The third-order valence-corrected chi connectivity index (χ3v) is 9.38. The lowest BCUT2D eigenvalue weighted by Crippen LogP contribution is -2.03. The van der Waals surface area contributed by atoms with Crippen LogP contribution in [0.2, 0.25) is 0 Å². The predicted octanol–water partition coefficient (Wildman–Crippen LogP) is 7.48. The van der Waals surface area contributed by atoms with Crippen molar-refractivity contribution >= 4 is 75.9 Å². The van der Waals surface area contributed by atoms with Crippen molar-refractivity contribution < 1.29 is 36.2 Å². The summed E-state index contributed by atoms with van der Waals surface area (Å²) < 4.78 is 67.7. The van der Waals surface area contributed by atoms with Crippen LogP contribution in [0.4, 0.5) is 34.1 Å². The maximum absolute atomic E-state index is 12.4. The summed E-state index contributed by atoms with van der Waals surface area (Å²) in [6.07, 6.45) is 0.117. The number of rotatable bonds is 8. The highest BCUT2D eigenvalue weighted by atomic mass is 32.2. The molecule has 8 N–H and O–H groups in total. The van der Waals surface area contributed by atoms with Crippen molar-refractivity contribution in [2.45, 2.75) is 16.2 Å². The van der Waals surface area contributed by atoms with Gasteiger partial charge in [-0.2, -0.15) is 27.1 Å².